The highest BCUT2D eigenvalue weighted by Gasteiger charge is 2.45. The first-order chi connectivity index (χ1) is 11.5. The van der Waals surface area contributed by atoms with Gasteiger partial charge in [-0.2, -0.15) is 0 Å². The van der Waals surface area contributed by atoms with E-state index in [1.54, 1.807) is 12.1 Å². The second-order valence-corrected chi connectivity index (χ2v) is 6.88. The van der Waals surface area contributed by atoms with Gasteiger partial charge in [0.25, 0.3) is 0 Å². The van der Waals surface area contributed by atoms with Crippen LogP contribution in [0.3, 0.4) is 0 Å². The number of carbonyl (C=O) groups is 2. The third kappa shape index (κ3) is 3.80. The first-order valence-electron chi connectivity index (χ1n) is 8.55. The summed E-state index contributed by atoms with van der Waals surface area (Å²) < 4.78 is 14.7. The van der Waals surface area contributed by atoms with Gasteiger partial charge in [-0.25, -0.2) is 9.18 Å². The number of benzene rings is 1. The minimum Gasteiger partial charge on any atom is -0.478 e. The van der Waals surface area contributed by atoms with E-state index in [0.717, 1.165) is 25.7 Å². The first kappa shape index (κ1) is 19.7. The van der Waals surface area contributed by atoms with Crippen molar-refractivity contribution in [1.82, 2.24) is 5.32 Å². The fourth-order valence-electron chi connectivity index (χ4n) is 4.49. The van der Waals surface area contributed by atoms with Gasteiger partial charge < -0.3 is 16.2 Å². The monoisotopic (exact) mass is 370 g/mol. The minimum atomic E-state index is -1.28. The molecule has 1 saturated heterocycles. The number of nitrogens with two attached hydrogens (primary N) is 1. The van der Waals surface area contributed by atoms with E-state index in [2.05, 4.69) is 5.32 Å². The molecule has 138 valence electrons. The molecule has 5 nitrogen and oxygen atoms in total. The van der Waals surface area contributed by atoms with E-state index in [0.29, 0.717) is 18.0 Å². The number of carboxylic acid groups (broad SMARTS) is 1. The molecule has 1 unspecified atom stereocenters. The van der Waals surface area contributed by atoms with Gasteiger partial charge >= 0.3 is 5.97 Å². The Labute approximate surface area is 152 Å². The molecule has 1 heterocycles. The normalized spacial score (nSPS) is 26.8. The average Bonchev–Trinajstić information content (AvgIpc) is 3.00. The molecule has 25 heavy (non-hydrogen) atoms. The highest BCUT2D eigenvalue weighted by atomic mass is 35.5. The molecule has 3 atom stereocenters. The van der Waals surface area contributed by atoms with Crippen molar-refractivity contribution in [2.45, 2.75) is 44.1 Å². The highest BCUT2D eigenvalue weighted by Crippen LogP contribution is 2.43. The van der Waals surface area contributed by atoms with Crippen LogP contribution in [0, 0.1) is 17.7 Å². The molecule has 1 aliphatic carbocycles. The molecular formula is C18H24ClFN2O3. The Morgan fingerprint density at radius 1 is 1.20 bits per heavy atom. The molecule has 1 aliphatic heterocycles. The van der Waals surface area contributed by atoms with Gasteiger partial charge in [0, 0.05) is 12.5 Å². The molecule has 0 spiro atoms. The lowest BCUT2D eigenvalue weighted by atomic mass is 9.70. The standard InChI is InChI=1S/C18H23FN2O3.ClH/c19-15-11(7-4-8-12(15)18(23)24)13-9-21-16(17(20)22)14(13)10-5-2-1-3-6-10;/h4,7-8,10,13-14,16,21H,1-3,5-6,9H2,(H2,20,22)(H,23,24);1H/t13?,14-,16+;/m1./s1. The summed E-state index contributed by atoms with van der Waals surface area (Å²) in [6, 6.07) is 3.99. The first-order valence-corrected chi connectivity index (χ1v) is 8.55. The molecule has 7 heteroatoms. The summed E-state index contributed by atoms with van der Waals surface area (Å²) >= 11 is 0. The van der Waals surface area contributed by atoms with Crippen molar-refractivity contribution < 1.29 is 19.1 Å². The molecule has 1 aromatic carbocycles. The Morgan fingerprint density at radius 2 is 1.88 bits per heavy atom. The van der Waals surface area contributed by atoms with Crippen LogP contribution in [0.15, 0.2) is 18.2 Å². The Hall–Kier alpha value is -1.66. The smallest absolute Gasteiger partial charge is 0.338 e. The maximum absolute atomic E-state index is 14.7. The zero-order chi connectivity index (χ0) is 17.3. The molecule has 1 amide bonds. The molecule has 0 bridgehead atoms. The van der Waals surface area contributed by atoms with Gasteiger partial charge in [0.1, 0.15) is 5.82 Å². The lowest BCUT2D eigenvalue weighted by molar-refractivity contribution is -0.121. The molecule has 2 fully saturated rings. The summed E-state index contributed by atoms with van der Waals surface area (Å²) in [5.41, 5.74) is 5.62. The summed E-state index contributed by atoms with van der Waals surface area (Å²) in [4.78, 5) is 23.1. The number of aromatic carboxylic acids is 1. The van der Waals surface area contributed by atoms with Crippen molar-refractivity contribution >= 4 is 24.3 Å². The number of rotatable bonds is 4. The van der Waals surface area contributed by atoms with E-state index in [9.17, 15) is 14.0 Å². The molecular weight excluding hydrogens is 347 g/mol. The van der Waals surface area contributed by atoms with Crippen molar-refractivity contribution in [1.29, 1.82) is 0 Å². The molecule has 2 aliphatic rings. The molecule has 4 N–H and O–H groups in total. The number of halogens is 2. The van der Waals surface area contributed by atoms with Crippen LogP contribution in [0.5, 0.6) is 0 Å². The number of hydrogen-bond donors (Lipinski definition) is 3. The molecule has 1 saturated carbocycles. The van der Waals surface area contributed by atoms with E-state index in [4.69, 9.17) is 10.8 Å². The third-order valence-electron chi connectivity index (χ3n) is 5.57. The van der Waals surface area contributed by atoms with Crippen molar-refractivity contribution in [2.75, 3.05) is 6.54 Å². The fourth-order valence-corrected chi connectivity index (χ4v) is 4.49. The largest absolute Gasteiger partial charge is 0.478 e. The van der Waals surface area contributed by atoms with Crippen LogP contribution in [0.1, 0.15) is 53.9 Å². The predicted molar refractivity (Wildman–Crippen MR) is 94.4 cm³/mol. The van der Waals surface area contributed by atoms with E-state index in [-0.39, 0.29) is 29.8 Å². The number of nitrogens with one attached hydrogen (secondary N) is 1. The Morgan fingerprint density at radius 3 is 2.48 bits per heavy atom. The van der Waals surface area contributed by atoms with E-state index in [1.165, 1.54) is 12.5 Å². The number of hydrogen-bond acceptors (Lipinski definition) is 3. The van der Waals surface area contributed by atoms with Crippen molar-refractivity contribution in [3.05, 3.63) is 35.1 Å². The van der Waals surface area contributed by atoms with Gasteiger partial charge in [0.2, 0.25) is 5.91 Å². The van der Waals surface area contributed by atoms with Gasteiger partial charge in [0.05, 0.1) is 11.6 Å². The summed E-state index contributed by atoms with van der Waals surface area (Å²) in [5.74, 6) is -2.39. The Kier molecular flexibility index (Phi) is 6.41. The number of carboxylic acids is 1. The zero-order valence-electron chi connectivity index (χ0n) is 13.9. The molecule has 0 aromatic heterocycles. The fraction of sp³-hybridized carbons (Fsp3) is 0.556. The third-order valence-corrected chi connectivity index (χ3v) is 5.57. The van der Waals surface area contributed by atoms with Crippen LogP contribution >= 0.6 is 12.4 Å². The average molecular weight is 371 g/mol. The predicted octanol–water partition coefficient (Wildman–Crippen LogP) is 2.68. The Bertz CT molecular complexity index is 649. The van der Waals surface area contributed by atoms with Crippen LogP contribution in [-0.2, 0) is 4.79 Å². The lowest BCUT2D eigenvalue weighted by Gasteiger charge is -2.34. The van der Waals surface area contributed by atoms with Crippen LogP contribution in [0.25, 0.3) is 0 Å². The maximum Gasteiger partial charge on any atom is 0.338 e. The van der Waals surface area contributed by atoms with Gasteiger partial charge in [-0.05, 0) is 23.5 Å². The van der Waals surface area contributed by atoms with E-state index < -0.39 is 23.7 Å². The van der Waals surface area contributed by atoms with Crippen LogP contribution in [0.4, 0.5) is 4.39 Å². The zero-order valence-corrected chi connectivity index (χ0v) is 14.7. The molecule has 0 radical (unpaired) electrons. The quantitative estimate of drug-likeness (QED) is 0.759. The van der Waals surface area contributed by atoms with Crippen molar-refractivity contribution in [3.63, 3.8) is 0 Å². The lowest BCUT2D eigenvalue weighted by Crippen LogP contribution is -2.43. The van der Waals surface area contributed by atoms with Gasteiger partial charge in [0.15, 0.2) is 0 Å². The van der Waals surface area contributed by atoms with Gasteiger partial charge in [-0.1, -0.05) is 44.2 Å². The summed E-state index contributed by atoms with van der Waals surface area (Å²) in [6.07, 6.45) is 5.42. The number of carbonyl (C=O) groups excluding carboxylic acids is 1. The maximum atomic E-state index is 14.7. The minimum absolute atomic E-state index is 0. The Balaban J connectivity index is 0.00000225. The van der Waals surface area contributed by atoms with Crippen LogP contribution in [0.2, 0.25) is 0 Å². The van der Waals surface area contributed by atoms with Crippen molar-refractivity contribution in [3.8, 4) is 0 Å². The van der Waals surface area contributed by atoms with Crippen molar-refractivity contribution in [2.24, 2.45) is 17.6 Å². The number of amides is 1. The SMILES string of the molecule is Cl.NC(=O)[C@H]1NCC(c2cccc(C(=O)O)c2F)[C@H]1C1CCCCC1. The van der Waals surface area contributed by atoms with Crippen LogP contribution < -0.4 is 11.1 Å². The summed E-state index contributed by atoms with van der Waals surface area (Å²) in [6.45, 7) is 0.439. The topological polar surface area (TPSA) is 92.4 Å². The van der Waals surface area contributed by atoms with E-state index in [1.807, 2.05) is 0 Å². The highest BCUT2D eigenvalue weighted by molar-refractivity contribution is 5.88. The molecule has 1 aromatic rings. The number of primary amides is 1. The second-order valence-electron chi connectivity index (χ2n) is 6.88. The summed E-state index contributed by atoms with van der Waals surface area (Å²) in [7, 11) is 0. The van der Waals surface area contributed by atoms with Gasteiger partial charge in [-0.15, -0.1) is 12.4 Å². The summed E-state index contributed by atoms with van der Waals surface area (Å²) in [5, 5.41) is 12.3. The van der Waals surface area contributed by atoms with Gasteiger partial charge in [-0.3, -0.25) is 4.79 Å². The second kappa shape index (κ2) is 8.15. The van der Waals surface area contributed by atoms with E-state index >= 15 is 0 Å². The molecule has 3 rings (SSSR count). The van der Waals surface area contributed by atoms with Crippen LogP contribution in [-0.4, -0.2) is 29.6 Å².